The minimum absolute atomic E-state index is 0.0169. The summed E-state index contributed by atoms with van der Waals surface area (Å²) in [6.45, 7) is 2.70. The molecule has 1 aromatic carbocycles. The van der Waals surface area contributed by atoms with E-state index in [0.29, 0.717) is 37.8 Å². The van der Waals surface area contributed by atoms with E-state index in [-0.39, 0.29) is 30.7 Å². The number of rotatable bonds is 3. The maximum Gasteiger partial charge on any atom is 0.320 e. The van der Waals surface area contributed by atoms with Crippen LogP contribution in [-0.2, 0) is 9.53 Å². The predicted octanol–water partition coefficient (Wildman–Crippen LogP) is 1.98. The third-order valence-electron chi connectivity index (χ3n) is 5.97. The monoisotopic (exact) mass is 408 g/mol. The molecule has 2 aromatic rings. The Morgan fingerprint density at radius 2 is 1.93 bits per heavy atom. The van der Waals surface area contributed by atoms with Gasteiger partial charge in [-0.2, -0.15) is 0 Å². The molecule has 1 N–H and O–H groups in total. The zero-order valence-corrected chi connectivity index (χ0v) is 16.6. The molecule has 3 fully saturated rings. The first-order valence-corrected chi connectivity index (χ1v) is 10.3. The van der Waals surface area contributed by atoms with E-state index in [0.717, 1.165) is 12.2 Å². The van der Waals surface area contributed by atoms with Crippen molar-refractivity contribution in [2.24, 2.45) is 0 Å². The predicted molar refractivity (Wildman–Crippen MR) is 108 cm³/mol. The summed E-state index contributed by atoms with van der Waals surface area (Å²) in [4.78, 5) is 32.1. The lowest BCUT2D eigenvalue weighted by atomic mass is 9.91. The van der Waals surface area contributed by atoms with Crippen LogP contribution in [0.25, 0.3) is 0 Å². The second kappa shape index (κ2) is 7.95. The minimum Gasteiger partial charge on any atom is -0.456 e. The van der Waals surface area contributed by atoms with Gasteiger partial charge in [0.1, 0.15) is 18.1 Å². The molecule has 3 amide bonds. The molecule has 8 heteroatoms. The van der Waals surface area contributed by atoms with Crippen LogP contribution in [0, 0.1) is 0 Å². The molecule has 0 bridgehead atoms. The Labute approximate surface area is 174 Å². The number of amides is 3. The number of fused-ring (bicyclic) bond motifs is 1. The van der Waals surface area contributed by atoms with E-state index in [1.165, 1.54) is 5.56 Å². The van der Waals surface area contributed by atoms with E-state index in [1.807, 2.05) is 34.1 Å². The van der Waals surface area contributed by atoms with Gasteiger partial charge in [0.2, 0.25) is 5.91 Å². The smallest absolute Gasteiger partial charge is 0.320 e. The first-order valence-electron chi connectivity index (χ1n) is 10.3. The Balaban J connectivity index is 1.13. The van der Waals surface area contributed by atoms with Crippen molar-refractivity contribution in [3.8, 4) is 11.5 Å². The highest BCUT2D eigenvalue weighted by molar-refractivity contribution is 5.79. The van der Waals surface area contributed by atoms with E-state index in [4.69, 9.17) is 9.47 Å². The van der Waals surface area contributed by atoms with Gasteiger partial charge >= 0.3 is 6.03 Å². The molecule has 4 heterocycles. The number of nitrogens with one attached hydrogen (secondary N) is 1. The summed E-state index contributed by atoms with van der Waals surface area (Å²) >= 11 is 0. The molecule has 0 aliphatic carbocycles. The number of aromatic nitrogens is 1. The molecule has 3 saturated heterocycles. The summed E-state index contributed by atoms with van der Waals surface area (Å²) < 4.78 is 11.3. The number of likely N-dealkylation sites (tertiary alicyclic amines) is 2. The van der Waals surface area contributed by atoms with Crippen LogP contribution in [0.2, 0.25) is 0 Å². The number of benzene rings is 1. The van der Waals surface area contributed by atoms with Crippen molar-refractivity contribution < 1.29 is 19.1 Å². The van der Waals surface area contributed by atoms with Crippen LogP contribution in [0.1, 0.15) is 17.9 Å². The second-order valence-electron chi connectivity index (χ2n) is 8.00. The van der Waals surface area contributed by atoms with Crippen LogP contribution in [0.15, 0.2) is 48.8 Å². The number of carbonyl (C=O) groups is 2. The van der Waals surface area contributed by atoms with Crippen molar-refractivity contribution in [2.45, 2.75) is 24.5 Å². The zero-order chi connectivity index (χ0) is 20.5. The van der Waals surface area contributed by atoms with Crippen molar-refractivity contribution in [3.63, 3.8) is 0 Å². The van der Waals surface area contributed by atoms with Crippen LogP contribution in [-0.4, -0.2) is 71.7 Å². The van der Waals surface area contributed by atoms with Crippen molar-refractivity contribution >= 4 is 11.9 Å². The van der Waals surface area contributed by atoms with Crippen LogP contribution in [0.5, 0.6) is 11.5 Å². The van der Waals surface area contributed by atoms with Crippen LogP contribution in [0.4, 0.5) is 4.79 Å². The Morgan fingerprint density at radius 1 is 1.10 bits per heavy atom. The molecule has 30 heavy (non-hydrogen) atoms. The summed E-state index contributed by atoms with van der Waals surface area (Å²) in [5.74, 6) is 1.69. The fraction of sp³-hybridized carbons (Fsp3) is 0.409. The Morgan fingerprint density at radius 3 is 2.70 bits per heavy atom. The molecule has 3 aliphatic heterocycles. The topological polar surface area (TPSA) is 84.0 Å². The first kappa shape index (κ1) is 18.9. The molecule has 1 unspecified atom stereocenters. The number of piperidine rings is 1. The quantitative estimate of drug-likeness (QED) is 0.840. The van der Waals surface area contributed by atoms with E-state index in [1.54, 1.807) is 12.4 Å². The van der Waals surface area contributed by atoms with Gasteiger partial charge in [0.25, 0.3) is 0 Å². The van der Waals surface area contributed by atoms with Gasteiger partial charge in [0.15, 0.2) is 0 Å². The van der Waals surface area contributed by atoms with Crippen molar-refractivity contribution in [1.29, 1.82) is 0 Å². The highest BCUT2D eigenvalue weighted by Gasteiger charge is 2.40. The Hall–Kier alpha value is -3.13. The van der Waals surface area contributed by atoms with Gasteiger partial charge in [-0.1, -0.05) is 12.1 Å². The van der Waals surface area contributed by atoms with Gasteiger partial charge < -0.3 is 24.6 Å². The highest BCUT2D eigenvalue weighted by atomic mass is 16.5. The number of urea groups is 1. The average Bonchev–Trinajstić information content (AvgIpc) is 2.74. The number of carbonyl (C=O) groups excluding carboxylic acids is 2. The number of hydrogen-bond acceptors (Lipinski definition) is 5. The average molecular weight is 408 g/mol. The SMILES string of the molecule is O=C1COC2CCN(C(=O)N3CC(c4ccc(Oc5cccnc5)cc4)C3)C[C@H]2N1. The number of hydrogen-bond donors (Lipinski definition) is 1. The second-order valence-corrected chi connectivity index (χ2v) is 8.00. The molecule has 156 valence electrons. The normalized spacial score (nSPS) is 23.9. The van der Waals surface area contributed by atoms with Gasteiger partial charge in [-0.25, -0.2) is 4.79 Å². The lowest BCUT2D eigenvalue weighted by Gasteiger charge is -2.46. The molecule has 3 aliphatic rings. The fourth-order valence-electron chi connectivity index (χ4n) is 4.27. The van der Waals surface area contributed by atoms with Crippen molar-refractivity contribution in [1.82, 2.24) is 20.1 Å². The number of morpholine rings is 1. The third-order valence-corrected chi connectivity index (χ3v) is 5.97. The third kappa shape index (κ3) is 3.82. The summed E-state index contributed by atoms with van der Waals surface area (Å²) in [5, 5.41) is 2.94. The molecular weight excluding hydrogens is 384 g/mol. The maximum absolute atomic E-state index is 12.8. The Bertz CT molecular complexity index is 914. The largest absolute Gasteiger partial charge is 0.456 e. The molecule has 0 radical (unpaired) electrons. The van der Waals surface area contributed by atoms with Gasteiger partial charge in [0.05, 0.1) is 18.3 Å². The summed E-state index contributed by atoms with van der Waals surface area (Å²) in [5.41, 5.74) is 1.20. The number of nitrogens with zero attached hydrogens (tertiary/aromatic N) is 3. The zero-order valence-electron chi connectivity index (χ0n) is 16.6. The van der Waals surface area contributed by atoms with E-state index < -0.39 is 0 Å². The molecular formula is C22H24N4O4. The minimum atomic E-state index is -0.106. The maximum atomic E-state index is 12.8. The van der Waals surface area contributed by atoms with E-state index >= 15 is 0 Å². The molecule has 0 saturated carbocycles. The van der Waals surface area contributed by atoms with Crippen LogP contribution in [0.3, 0.4) is 0 Å². The highest BCUT2D eigenvalue weighted by Crippen LogP contribution is 2.31. The molecule has 5 rings (SSSR count). The molecule has 1 aromatic heterocycles. The van der Waals surface area contributed by atoms with E-state index in [2.05, 4.69) is 22.4 Å². The van der Waals surface area contributed by atoms with Gasteiger partial charge in [-0.05, 0) is 36.2 Å². The lowest BCUT2D eigenvalue weighted by molar-refractivity contribution is -0.139. The van der Waals surface area contributed by atoms with Crippen molar-refractivity contribution in [2.75, 3.05) is 32.8 Å². The fourth-order valence-corrected chi connectivity index (χ4v) is 4.27. The number of ether oxygens (including phenoxy) is 2. The van der Waals surface area contributed by atoms with Crippen LogP contribution < -0.4 is 10.1 Å². The van der Waals surface area contributed by atoms with Crippen LogP contribution >= 0.6 is 0 Å². The lowest BCUT2D eigenvalue weighted by Crippen LogP contribution is -2.63. The Kier molecular flexibility index (Phi) is 5.00. The summed E-state index contributed by atoms with van der Waals surface area (Å²) in [6.07, 6.45) is 4.16. The van der Waals surface area contributed by atoms with Crippen molar-refractivity contribution in [3.05, 3.63) is 54.4 Å². The molecule has 2 atom stereocenters. The first-order chi connectivity index (χ1) is 14.7. The molecule has 8 nitrogen and oxygen atoms in total. The number of pyridine rings is 1. The summed E-state index contributed by atoms with van der Waals surface area (Å²) in [7, 11) is 0. The standard InChI is InChI=1S/C22H24N4O4/c27-21-14-29-20-7-9-25(13-19(20)24-21)22(28)26-11-16(12-26)15-3-5-17(6-4-15)30-18-2-1-8-23-10-18/h1-6,8,10,16,19-20H,7,9,11-14H2,(H,24,27)/t19-,20?/m1/s1. The van der Waals surface area contributed by atoms with E-state index in [9.17, 15) is 9.59 Å². The van der Waals surface area contributed by atoms with Gasteiger partial charge in [-0.15, -0.1) is 0 Å². The van der Waals surface area contributed by atoms with Gasteiger partial charge in [0, 0.05) is 38.3 Å². The summed E-state index contributed by atoms with van der Waals surface area (Å²) in [6, 6.07) is 11.6. The molecule has 0 spiro atoms. The van der Waals surface area contributed by atoms with Gasteiger partial charge in [-0.3, -0.25) is 9.78 Å².